The molecule has 15 heavy (non-hydrogen) atoms. The van der Waals surface area contributed by atoms with Gasteiger partial charge in [-0.15, -0.1) is 0 Å². The quantitative estimate of drug-likeness (QED) is 0.737. The molecule has 1 heteroatoms. The maximum atomic E-state index is 10.7. The van der Waals surface area contributed by atoms with E-state index >= 15 is 0 Å². The van der Waals surface area contributed by atoms with Crippen LogP contribution in [-0.2, 0) is 0 Å². The minimum Gasteiger partial charge on any atom is -0.390 e. The topological polar surface area (TPSA) is 20.2 Å². The van der Waals surface area contributed by atoms with Crippen molar-refractivity contribution in [2.75, 3.05) is 0 Å². The summed E-state index contributed by atoms with van der Waals surface area (Å²) in [6.45, 7) is 4.25. The Morgan fingerprint density at radius 1 is 1.07 bits per heavy atom. The predicted octanol–water partition coefficient (Wildman–Crippen LogP) is 3.36. The van der Waals surface area contributed by atoms with Crippen LogP contribution in [0.25, 0.3) is 0 Å². The summed E-state index contributed by atoms with van der Waals surface area (Å²) in [4.78, 5) is 0. The first-order valence-electron chi connectivity index (χ1n) is 6.77. The van der Waals surface area contributed by atoms with Gasteiger partial charge in [0.1, 0.15) is 0 Å². The summed E-state index contributed by atoms with van der Waals surface area (Å²) in [5.74, 6) is 2.86. The first kappa shape index (κ1) is 10.1. The van der Waals surface area contributed by atoms with Crippen LogP contribution >= 0.6 is 0 Å². The van der Waals surface area contributed by atoms with Crippen molar-refractivity contribution in [1.29, 1.82) is 0 Å². The van der Waals surface area contributed by atoms with Gasteiger partial charge in [-0.05, 0) is 75.0 Å². The van der Waals surface area contributed by atoms with Gasteiger partial charge < -0.3 is 5.11 Å². The van der Waals surface area contributed by atoms with Crippen LogP contribution in [0.2, 0.25) is 0 Å². The van der Waals surface area contributed by atoms with E-state index in [0.29, 0.717) is 5.41 Å². The molecule has 1 nitrogen and oxygen atoms in total. The van der Waals surface area contributed by atoms with E-state index in [1.807, 2.05) is 0 Å². The van der Waals surface area contributed by atoms with Crippen LogP contribution in [0.4, 0.5) is 0 Å². The van der Waals surface area contributed by atoms with Gasteiger partial charge in [0.05, 0.1) is 5.60 Å². The monoisotopic (exact) mass is 208 g/mol. The fraction of sp³-hybridized carbons (Fsp3) is 1.00. The van der Waals surface area contributed by atoms with Crippen LogP contribution in [0.5, 0.6) is 0 Å². The van der Waals surface area contributed by atoms with E-state index in [4.69, 9.17) is 0 Å². The Morgan fingerprint density at radius 2 is 1.47 bits per heavy atom. The molecule has 0 spiro atoms. The molecule has 0 saturated heterocycles. The van der Waals surface area contributed by atoms with Crippen molar-refractivity contribution < 1.29 is 5.11 Å². The third kappa shape index (κ3) is 1.32. The molecule has 86 valence electrons. The lowest BCUT2D eigenvalue weighted by molar-refractivity contribution is -0.171. The SMILES string of the molecule is CCC(C)(O)C12CC3CC(CC(C3)C1)C2. The Hall–Kier alpha value is -0.0400. The van der Waals surface area contributed by atoms with Gasteiger partial charge in [-0.2, -0.15) is 0 Å². The van der Waals surface area contributed by atoms with E-state index in [2.05, 4.69) is 13.8 Å². The zero-order chi connectivity index (χ0) is 10.7. The van der Waals surface area contributed by atoms with Crippen LogP contribution in [0.3, 0.4) is 0 Å². The summed E-state index contributed by atoms with van der Waals surface area (Å²) in [5, 5.41) is 10.7. The number of aliphatic hydroxyl groups is 1. The van der Waals surface area contributed by atoms with Gasteiger partial charge in [-0.3, -0.25) is 0 Å². The maximum absolute atomic E-state index is 10.7. The highest BCUT2D eigenvalue weighted by atomic mass is 16.3. The van der Waals surface area contributed by atoms with Gasteiger partial charge in [-0.25, -0.2) is 0 Å². The Balaban J connectivity index is 1.93. The second kappa shape index (κ2) is 3.00. The minimum absolute atomic E-state index is 0.302. The molecule has 0 aromatic rings. The van der Waals surface area contributed by atoms with Crippen molar-refractivity contribution in [3.63, 3.8) is 0 Å². The van der Waals surface area contributed by atoms with Crippen LogP contribution < -0.4 is 0 Å². The van der Waals surface area contributed by atoms with Crippen molar-refractivity contribution in [1.82, 2.24) is 0 Å². The summed E-state index contributed by atoms with van der Waals surface area (Å²) in [6.07, 6.45) is 9.30. The fourth-order valence-electron chi connectivity index (χ4n) is 5.15. The minimum atomic E-state index is -0.400. The average Bonchev–Trinajstić information content (AvgIpc) is 2.15. The Labute approximate surface area is 93.3 Å². The molecule has 4 rings (SSSR count). The lowest BCUT2D eigenvalue weighted by atomic mass is 9.45. The van der Waals surface area contributed by atoms with Crippen molar-refractivity contribution >= 4 is 0 Å². The molecule has 0 heterocycles. The van der Waals surface area contributed by atoms with Crippen LogP contribution in [0.1, 0.15) is 58.8 Å². The second-order valence-corrected chi connectivity index (χ2v) is 6.83. The molecule has 1 atom stereocenters. The molecule has 0 aromatic carbocycles. The molecule has 0 aliphatic heterocycles. The van der Waals surface area contributed by atoms with E-state index in [1.165, 1.54) is 38.5 Å². The molecule has 4 aliphatic carbocycles. The summed E-state index contributed by atoms with van der Waals surface area (Å²) >= 11 is 0. The largest absolute Gasteiger partial charge is 0.390 e. The zero-order valence-electron chi connectivity index (χ0n) is 10.1. The smallest absolute Gasteiger partial charge is 0.0673 e. The van der Waals surface area contributed by atoms with Gasteiger partial charge in [0.15, 0.2) is 0 Å². The van der Waals surface area contributed by atoms with E-state index in [0.717, 1.165) is 24.2 Å². The summed E-state index contributed by atoms with van der Waals surface area (Å²) in [6, 6.07) is 0. The highest BCUT2D eigenvalue weighted by Gasteiger charge is 2.57. The molecular weight excluding hydrogens is 184 g/mol. The van der Waals surface area contributed by atoms with E-state index in [9.17, 15) is 5.11 Å². The Bertz CT molecular complexity index is 231. The third-order valence-corrected chi connectivity index (χ3v) is 5.87. The number of hydrogen-bond donors (Lipinski definition) is 1. The van der Waals surface area contributed by atoms with Crippen molar-refractivity contribution in [2.24, 2.45) is 23.2 Å². The van der Waals surface area contributed by atoms with Gasteiger partial charge in [0.2, 0.25) is 0 Å². The molecule has 1 unspecified atom stereocenters. The summed E-state index contributed by atoms with van der Waals surface area (Å²) in [7, 11) is 0. The van der Waals surface area contributed by atoms with Crippen molar-refractivity contribution in [2.45, 2.75) is 64.4 Å². The van der Waals surface area contributed by atoms with Gasteiger partial charge in [-0.1, -0.05) is 6.92 Å². The van der Waals surface area contributed by atoms with Gasteiger partial charge in [0, 0.05) is 0 Å². The normalized spacial score (nSPS) is 51.8. The van der Waals surface area contributed by atoms with Gasteiger partial charge >= 0.3 is 0 Å². The first-order valence-corrected chi connectivity index (χ1v) is 6.77. The van der Waals surface area contributed by atoms with Gasteiger partial charge in [0.25, 0.3) is 0 Å². The van der Waals surface area contributed by atoms with Crippen molar-refractivity contribution in [3.05, 3.63) is 0 Å². The molecule has 4 saturated carbocycles. The average molecular weight is 208 g/mol. The zero-order valence-corrected chi connectivity index (χ0v) is 10.1. The molecule has 0 amide bonds. The highest BCUT2D eigenvalue weighted by molar-refractivity contribution is 5.08. The van der Waals surface area contributed by atoms with Crippen LogP contribution in [0.15, 0.2) is 0 Å². The molecular formula is C14H24O. The van der Waals surface area contributed by atoms with E-state index in [1.54, 1.807) is 0 Å². The summed E-state index contributed by atoms with van der Waals surface area (Å²) in [5.41, 5.74) is -0.0977. The molecule has 4 fully saturated rings. The van der Waals surface area contributed by atoms with E-state index < -0.39 is 5.60 Å². The molecule has 1 N–H and O–H groups in total. The standard InChI is InChI=1S/C14H24O/c1-3-13(2,15)14-7-10-4-11(8-14)6-12(5-10)9-14/h10-12,15H,3-9H2,1-2H3. The third-order valence-electron chi connectivity index (χ3n) is 5.87. The van der Waals surface area contributed by atoms with Crippen LogP contribution in [-0.4, -0.2) is 10.7 Å². The highest BCUT2D eigenvalue weighted by Crippen LogP contribution is 2.64. The fourth-order valence-corrected chi connectivity index (χ4v) is 5.15. The number of hydrogen-bond acceptors (Lipinski definition) is 1. The number of rotatable bonds is 2. The Morgan fingerprint density at radius 3 is 1.80 bits per heavy atom. The summed E-state index contributed by atoms with van der Waals surface area (Å²) < 4.78 is 0. The predicted molar refractivity (Wildman–Crippen MR) is 61.5 cm³/mol. The van der Waals surface area contributed by atoms with Crippen molar-refractivity contribution in [3.8, 4) is 0 Å². The Kier molecular flexibility index (Phi) is 2.03. The molecule has 0 radical (unpaired) electrons. The van der Waals surface area contributed by atoms with E-state index in [-0.39, 0.29) is 0 Å². The molecule has 0 aromatic heterocycles. The lowest BCUT2D eigenvalue weighted by Gasteiger charge is -2.61. The first-order chi connectivity index (χ1) is 7.05. The lowest BCUT2D eigenvalue weighted by Crippen LogP contribution is -2.56. The molecule has 4 aliphatic rings. The molecule has 4 bridgehead atoms. The van der Waals surface area contributed by atoms with Crippen LogP contribution in [0, 0.1) is 23.2 Å². The second-order valence-electron chi connectivity index (χ2n) is 6.83. The maximum Gasteiger partial charge on any atom is 0.0673 e.